The lowest BCUT2D eigenvalue weighted by atomic mass is 10.1. The smallest absolute Gasteiger partial charge is 0.339 e. The number of aromatic nitrogens is 3. The molecular weight excluding hydrogens is 280 g/mol. The lowest BCUT2D eigenvalue weighted by molar-refractivity contribution is 0.0832. The van der Waals surface area contributed by atoms with E-state index >= 15 is 0 Å². The highest BCUT2D eigenvalue weighted by Crippen LogP contribution is 2.26. The van der Waals surface area contributed by atoms with Crippen molar-refractivity contribution in [2.45, 2.75) is 36.2 Å². The fraction of sp³-hybridized carbons (Fsp3) is 0.750. The molecule has 2 N–H and O–H groups in total. The van der Waals surface area contributed by atoms with Crippen LogP contribution in [0.2, 0.25) is 0 Å². The van der Waals surface area contributed by atoms with Crippen molar-refractivity contribution in [3.05, 3.63) is 20.7 Å². The number of nitrogens with zero attached hydrogens (tertiary/aromatic N) is 2. The molecule has 0 amide bonds. The monoisotopic (exact) mass is 300 g/mol. The highest BCUT2D eigenvalue weighted by atomic mass is 32.2. The van der Waals surface area contributed by atoms with E-state index in [9.17, 15) is 9.59 Å². The second-order valence-electron chi connectivity index (χ2n) is 4.78. The molecule has 1 fully saturated rings. The maximum Gasteiger partial charge on any atom is 0.339 e. The van der Waals surface area contributed by atoms with Crippen LogP contribution in [0.15, 0.2) is 14.7 Å². The Bertz CT molecular complexity index is 556. The summed E-state index contributed by atoms with van der Waals surface area (Å²) in [6.07, 6.45) is 2.01. The van der Waals surface area contributed by atoms with Gasteiger partial charge in [-0.2, -0.15) is 4.98 Å². The molecule has 1 saturated heterocycles. The Hall–Kier alpha value is -1.12. The SMILES string of the molecule is CCCNC1CCOCC1Sc1nc(=O)c(=O)[nH]n1C. The second kappa shape index (κ2) is 7.05. The molecule has 2 unspecified atom stereocenters. The van der Waals surface area contributed by atoms with Crippen LogP contribution in [0.25, 0.3) is 0 Å². The van der Waals surface area contributed by atoms with Crippen molar-refractivity contribution in [3.8, 4) is 0 Å². The molecule has 2 rings (SSSR count). The van der Waals surface area contributed by atoms with Gasteiger partial charge < -0.3 is 10.1 Å². The third-order valence-corrected chi connectivity index (χ3v) is 4.51. The van der Waals surface area contributed by atoms with Gasteiger partial charge in [-0.25, -0.2) is 0 Å². The number of aryl methyl sites for hydroxylation is 1. The van der Waals surface area contributed by atoms with Gasteiger partial charge in [0, 0.05) is 19.7 Å². The molecule has 0 spiro atoms. The standard InChI is InChI=1S/C12H20N4O3S/c1-3-5-13-8-4-6-19-7-9(8)20-12-14-10(17)11(18)15-16(12)2/h8-9,13H,3-7H2,1-2H3,(H,15,18). The first kappa shape index (κ1) is 15.3. The number of nitrogens with one attached hydrogen (secondary N) is 2. The predicted octanol–water partition coefficient (Wildman–Crippen LogP) is -0.282. The molecule has 8 heteroatoms. The summed E-state index contributed by atoms with van der Waals surface area (Å²) >= 11 is 1.47. The zero-order valence-corrected chi connectivity index (χ0v) is 12.5. The van der Waals surface area contributed by atoms with E-state index in [-0.39, 0.29) is 5.25 Å². The van der Waals surface area contributed by atoms with E-state index in [1.165, 1.54) is 16.4 Å². The van der Waals surface area contributed by atoms with Crippen molar-refractivity contribution in [2.24, 2.45) is 7.05 Å². The minimum absolute atomic E-state index is 0.180. The summed E-state index contributed by atoms with van der Waals surface area (Å²) in [6.45, 7) is 4.44. The molecule has 1 aromatic rings. The number of thioether (sulfide) groups is 1. The molecule has 0 aromatic carbocycles. The lowest BCUT2D eigenvalue weighted by Crippen LogP contribution is -2.45. The predicted molar refractivity (Wildman–Crippen MR) is 77.3 cm³/mol. The second-order valence-corrected chi connectivity index (χ2v) is 5.99. The van der Waals surface area contributed by atoms with Crippen molar-refractivity contribution < 1.29 is 4.74 Å². The molecule has 2 atom stereocenters. The van der Waals surface area contributed by atoms with E-state index in [1.54, 1.807) is 7.05 Å². The lowest BCUT2D eigenvalue weighted by Gasteiger charge is -2.31. The summed E-state index contributed by atoms with van der Waals surface area (Å²) in [5, 5.41) is 6.65. The first-order chi connectivity index (χ1) is 9.61. The minimum atomic E-state index is -0.750. The average molecular weight is 300 g/mol. The van der Waals surface area contributed by atoms with E-state index in [0.29, 0.717) is 17.8 Å². The quantitative estimate of drug-likeness (QED) is 0.727. The highest BCUT2D eigenvalue weighted by molar-refractivity contribution is 7.99. The van der Waals surface area contributed by atoms with Crippen LogP contribution >= 0.6 is 11.8 Å². The van der Waals surface area contributed by atoms with Gasteiger partial charge in [0.25, 0.3) is 0 Å². The van der Waals surface area contributed by atoms with E-state index in [1.807, 2.05) is 0 Å². The summed E-state index contributed by atoms with van der Waals surface area (Å²) in [7, 11) is 1.67. The number of aromatic amines is 1. The topological polar surface area (TPSA) is 89.0 Å². The molecule has 1 aliphatic heterocycles. The van der Waals surface area contributed by atoms with Crippen LogP contribution in [0, 0.1) is 0 Å². The van der Waals surface area contributed by atoms with Crippen LogP contribution in [-0.4, -0.2) is 45.8 Å². The van der Waals surface area contributed by atoms with Gasteiger partial charge in [-0.15, -0.1) is 0 Å². The third kappa shape index (κ3) is 3.71. The normalized spacial score (nSPS) is 22.9. The van der Waals surface area contributed by atoms with Gasteiger partial charge >= 0.3 is 11.1 Å². The van der Waals surface area contributed by atoms with E-state index in [4.69, 9.17) is 4.74 Å². The van der Waals surface area contributed by atoms with Gasteiger partial charge in [0.15, 0.2) is 5.16 Å². The van der Waals surface area contributed by atoms with Gasteiger partial charge in [0.2, 0.25) is 0 Å². The Kier molecular flexibility index (Phi) is 5.38. The molecule has 0 bridgehead atoms. The van der Waals surface area contributed by atoms with Crippen molar-refractivity contribution >= 4 is 11.8 Å². The van der Waals surface area contributed by atoms with Crippen molar-refractivity contribution in [1.29, 1.82) is 0 Å². The van der Waals surface area contributed by atoms with Gasteiger partial charge in [-0.1, -0.05) is 18.7 Å². The molecular formula is C12H20N4O3S. The number of hydrogen-bond acceptors (Lipinski definition) is 6. The summed E-state index contributed by atoms with van der Waals surface area (Å²) < 4.78 is 7.00. The Labute approximate surface area is 121 Å². The molecule has 112 valence electrons. The van der Waals surface area contributed by atoms with Crippen molar-refractivity contribution in [1.82, 2.24) is 20.1 Å². The number of ether oxygens (including phenoxy) is 1. The van der Waals surface area contributed by atoms with E-state index in [2.05, 4.69) is 22.3 Å². The Morgan fingerprint density at radius 1 is 1.55 bits per heavy atom. The maximum absolute atomic E-state index is 11.4. The number of rotatable bonds is 5. The van der Waals surface area contributed by atoms with Crippen molar-refractivity contribution in [3.63, 3.8) is 0 Å². The Morgan fingerprint density at radius 2 is 2.35 bits per heavy atom. The van der Waals surface area contributed by atoms with Crippen LogP contribution in [-0.2, 0) is 11.8 Å². The van der Waals surface area contributed by atoms with Crippen molar-refractivity contribution in [2.75, 3.05) is 19.8 Å². The van der Waals surface area contributed by atoms with Gasteiger partial charge in [-0.3, -0.25) is 19.4 Å². The van der Waals surface area contributed by atoms with Crippen LogP contribution in [0.5, 0.6) is 0 Å². The summed E-state index contributed by atoms with van der Waals surface area (Å²) in [5.41, 5.74) is -1.45. The molecule has 7 nitrogen and oxygen atoms in total. The molecule has 0 saturated carbocycles. The fourth-order valence-electron chi connectivity index (χ4n) is 2.09. The van der Waals surface area contributed by atoms with Crippen LogP contribution in [0.1, 0.15) is 19.8 Å². The maximum atomic E-state index is 11.4. The Balaban J connectivity index is 2.12. The molecule has 2 heterocycles. The molecule has 0 radical (unpaired) electrons. The van der Waals surface area contributed by atoms with Crippen LogP contribution in [0.3, 0.4) is 0 Å². The fourth-order valence-corrected chi connectivity index (χ4v) is 3.26. The number of hydrogen-bond donors (Lipinski definition) is 2. The molecule has 20 heavy (non-hydrogen) atoms. The zero-order valence-electron chi connectivity index (χ0n) is 11.7. The van der Waals surface area contributed by atoms with Crippen LogP contribution < -0.4 is 16.4 Å². The van der Waals surface area contributed by atoms with Gasteiger partial charge in [0.1, 0.15) is 0 Å². The first-order valence-electron chi connectivity index (χ1n) is 6.77. The molecule has 1 aromatic heterocycles. The number of H-pyrrole nitrogens is 1. The van der Waals surface area contributed by atoms with Gasteiger partial charge in [0.05, 0.1) is 11.9 Å². The average Bonchev–Trinajstić information content (AvgIpc) is 2.44. The van der Waals surface area contributed by atoms with E-state index < -0.39 is 11.1 Å². The molecule has 1 aliphatic rings. The summed E-state index contributed by atoms with van der Waals surface area (Å²) in [6, 6.07) is 0.331. The van der Waals surface area contributed by atoms with Gasteiger partial charge in [-0.05, 0) is 19.4 Å². The Morgan fingerprint density at radius 3 is 3.10 bits per heavy atom. The van der Waals surface area contributed by atoms with Crippen LogP contribution in [0.4, 0.5) is 0 Å². The largest absolute Gasteiger partial charge is 0.380 e. The first-order valence-corrected chi connectivity index (χ1v) is 7.65. The molecule has 0 aliphatic carbocycles. The highest BCUT2D eigenvalue weighted by Gasteiger charge is 2.27. The zero-order chi connectivity index (χ0) is 14.5. The van der Waals surface area contributed by atoms with E-state index in [0.717, 1.165) is 26.0 Å². The summed E-state index contributed by atoms with van der Waals surface area (Å²) in [4.78, 5) is 26.4. The summed E-state index contributed by atoms with van der Waals surface area (Å²) in [5.74, 6) is 0. The third-order valence-electron chi connectivity index (χ3n) is 3.17. The minimum Gasteiger partial charge on any atom is -0.380 e.